The number of carbonyl (C=O) groups excluding carboxylic acids is 2. The van der Waals surface area contributed by atoms with Gasteiger partial charge < -0.3 is 19.5 Å². The van der Waals surface area contributed by atoms with Crippen LogP contribution in [0, 0.1) is 0 Å². The van der Waals surface area contributed by atoms with Crippen molar-refractivity contribution in [3.05, 3.63) is 69.8 Å². The summed E-state index contributed by atoms with van der Waals surface area (Å²) >= 11 is 12.0. The first-order chi connectivity index (χ1) is 12.9. The van der Waals surface area contributed by atoms with Gasteiger partial charge in [0, 0.05) is 21.3 Å². The molecule has 0 aromatic heterocycles. The summed E-state index contributed by atoms with van der Waals surface area (Å²) in [7, 11) is 2.43. The fourth-order valence-corrected chi connectivity index (χ4v) is 2.49. The maximum absolute atomic E-state index is 11.7. The molecule has 0 fully saturated rings. The quantitative estimate of drug-likeness (QED) is 0.545. The Balaban J connectivity index is 2.04. The molecule has 142 valence electrons. The van der Waals surface area contributed by atoms with Crippen LogP contribution in [0.5, 0.6) is 5.75 Å². The van der Waals surface area contributed by atoms with Crippen molar-refractivity contribution < 1.29 is 23.8 Å². The number of esters is 2. The summed E-state index contributed by atoms with van der Waals surface area (Å²) in [6.45, 7) is 0.276. The highest BCUT2D eigenvalue weighted by molar-refractivity contribution is 6.35. The molecule has 2 rings (SSSR count). The Morgan fingerprint density at radius 1 is 1.04 bits per heavy atom. The molecule has 0 saturated heterocycles. The second-order valence-corrected chi connectivity index (χ2v) is 6.09. The van der Waals surface area contributed by atoms with Crippen LogP contribution < -0.4 is 10.1 Å². The Labute approximate surface area is 166 Å². The van der Waals surface area contributed by atoms with Gasteiger partial charge in [0.25, 0.3) is 0 Å². The predicted molar refractivity (Wildman–Crippen MR) is 103 cm³/mol. The number of carbonyl (C=O) groups is 2. The van der Waals surface area contributed by atoms with Gasteiger partial charge in [0.05, 0.1) is 20.3 Å². The molecule has 0 heterocycles. The number of ether oxygens (including phenoxy) is 3. The minimum Gasteiger partial charge on any atom is -0.489 e. The van der Waals surface area contributed by atoms with E-state index in [-0.39, 0.29) is 12.3 Å². The molecule has 27 heavy (non-hydrogen) atoms. The van der Waals surface area contributed by atoms with Crippen molar-refractivity contribution in [1.29, 1.82) is 0 Å². The molecule has 0 radical (unpaired) electrons. The first kappa shape index (κ1) is 20.6. The molecular weight excluding hydrogens is 393 g/mol. The predicted octanol–water partition coefficient (Wildman–Crippen LogP) is 4.21. The van der Waals surface area contributed by atoms with Crippen molar-refractivity contribution in [3.63, 3.8) is 0 Å². The van der Waals surface area contributed by atoms with Crippen LogP contribution in [0.2, 0.25) is 10.0 Å². The average molecular weight is 410 g/mol. The van der Waals surface area contributed by atoms with Crippen molar-refractivity contribution in [2.24, 2.45) is 0 Å². The molecule has 0 aliphatic rings. The van der Waals surface area contributed by atoms with Crippen LogP contribution in [0.1, 0.15) is 5.56 Å². The number of halogens is 2. The molecule has 0 amide bonds. The molecule has 0 unspecified atom stereocenters. The van der Waals surface area contributed by atoms with Crippen molar-refractivity contribution in [2.75, 3.05) is 19.5 Å². The number of hydrogen-bond acceptors (Lipinski definition) is 6. The van der Waals surface area contributed by atoms with E-state index in [0.29, 0.717) is 21.5 Å². The fourth-order valence-electron chi connectivity index (χ4n) is 2.02. The van der Waals surface area contributed by atoms with Gasteiger partial charge in [0.2, 0.25) is 0 Å². The molecule has 0 saturated carbocycles. The summed E-state index contributed by atoms with van der Waals surface area (Å²) < 4.78 is 14.8. The second kappa shape index (κ2) is 9.85. The van der Waals surface area contributed by atoms with E-state index >= 15 is 0 Å². The molecule has 0 atom stereocenters. The molecule has 0 aliphatic carbocycles. The number of nitrogens with one attached hydrogen (secondary N) is 1. The Morgan fingerprint density at radius 3 is 2.33 bits per heavy atom. The van der Waals surface area contributed by atoms with Crippen LogP contribution >= 0.6 is 23.2 Å². The van der Waals surface area contributed by atoms with Crippen LogP contribution in [0.3, 0.4) is 0 Å². The van der Waals surface area contributed by atoms with E-state index in [1.807, 2.05) is 0 Å². The van der Waals surface area contributed by atoms with E-state index in [9.17, 15) is 9.59 Å². The van der Waals surface area contributed by atoms with Gasteiger partial charge >= 0.3 is 11.9 Å². The molecule has 6 nitrogen and oxygen atoms in total. The molecule has 1 N–H and O–H groups in total. The van der Waals surface area contributed by atoms with Crippen molar-refractivity contribution in [3.8, 4) is 5.75 Å². The second-order valence-electron chi connectivity index (χ2n) is 5.25. The summed E-state index contributed by atoms with van der Waals surface area (Å²) in [5.74, 6) is -0.774. The third-order valence-corrected chi connectivity index (χ3v) is 4.00. The van der Waals surface area contributed by atoms with E-state index in [1.54, 1.807) is 42.5 Å². The van der Waals surface area contributed by atoms with Gasteiger partial charge in [-0.05, 0) is 36.4 Å². The zero-order valence-corrected chi connectivity index (χ0v) is 16.1. The normalized spacial score (nSPS) is 10.9. The van der Waals surface area contributed by atoms with Crippen LogP contribution in [0.25, 0.3) is 0 Å². The number of rotatable bonds is 7. The highest BCUT2D eigenvalue weighted by atomic mass is 35.5. The Hall–Kier alpha value is -2.70. The summed E-state index contributed by atoms with van der Waals surface area (Å²) in [5, 5.41) is 3.89. The molecule has 2 aromatic carbocycles. The monoisotopic (exact) mass is 409 g/mol. The lowest BCUT2D eigenvalue weighted by Crippen LogP contribution is -2.15. The minimum atomic E-state index is -0.696. The van der Waals surface area contributed by atoms with Gasteiger partial charge in [0.1, 0.15) is 18.1 Å². The molecule has 8 heteroatoms. The van der Waals surface area contributed by atoms with Gasteiger partial charge in [-0.15, -0.1) is 0 Å². The maximum atomic E-state index is 11.7. The third-order valence-electron chi connectivity index (χ3n) is 3.41. The van der Waals surface area contributed by atoms with E-state index in [2.05, 4.69) is 14.8 Å². The Bertz CT molecular complexity index is 850. The first-order valence-corrected chi connectivity index (χ1v) is 8.50. The lowest BCUT2D eigenvalue weighted by atomic mass is 10.2. The first-order valence-electron chi connectivity index (χ1n) is 7.74. The highest BCUT2D eigenvalue weighted by Crippen LogP contribution is 2.23. The topological polar surface area (TPSA) is 73.9 Å². The van der Waals surface area contributed by atoms with Gasteiger partial charge in [0.15, 0.2) is 0 Å². The van der Waals surface area contributed by atoms with Gasteiger partial charge in [-0.2, -0.15) is 0 Å². The molecule has 0 spiro atoms. The zero-order valence-electron chi connectivity index (χ0n) is 14.6. The molecule has 2 aromatic rings. The SMILES string of the molecule is COC(=O)/C=C(/Nc1ccc(OCc2ccc(Cl)cc2Cl)cc1)C(=O)OC. The zero-order chi connectivity index (χ0) is 19.8. The van der Waals surface area contributed by atoms with Gasteiger partial charge in [-0.25, -0.2) is 9.59 Å². The Kier molecular flexibility index (Phi) is 7.52. The summed E-state index contributed by atoms with van der Waals surface area (Å²) in [5.41, 5.74) is 1.32. The molecular formula is C19H17Cl2NO5. The van der Waals surface area contributed by atoms with Crippen molar-refractivity contribution >= 4 is 40.8 Å². The number of methoxy groups -OCH3 is 2. The van der Waals surface area contributed by atoms with E-state index < -0.39 is 11.9 Å². The number of hydrogen-bond donors (Lipinski definition) is 1. The lowest BCUT2D eigenvalue weighted by Gasteiger charge is -2.11. The van der Waals surface area contributed by atoms with Crippen LogP contribution in [0.15, 0.2) is 54.2 Å². The fraction of sp³-hybridized carbons (Fsp3) is 0.158. The third kappa shape index (κ3) is 6.20. The highest BCUT2D eigenvalue weighted by Gasteiger charge is 2.13. The number of benzene rings is 2. The van der Waals surface area contributed by atoms with E-state index in [4.69, 9.17) is 27.9 Å². The summed E-state index contributed by atoms with van der Waals surface area (Å²) in [4.78, 5) is 23.1. The number of anilines is 1. The van der Waals surface area contributed by atoms with Crippen molar-refractivity contribution in [1.82, 2.24) is 0 Å². The van der Waals surface area contributed by atoms with Crippen molar-refractivity contribution in [2.45, 2.75) is 6.61 Å². The van der Waals surface area contributed by atoms with E-state index in [0.717, 1.165) is 11.6 Å². The average Bonchev–Trinajstić information content (AvgIpc) is 2.67. The van der Waals surface area contributed by atoms with Crippen LogP contribution in [0.4, 0.5) is 5.69 Å². The standard InChI is InChI=1S/C19H17Cl2NO5/c1-25-18(23)10-17(19(24)26-2)22-14-5-7-15(8-6-14)27-11-12-3-4-13(20)9-16(12)21/h3-10,22H,11H2,1-2H3/b17-10+. The molecule has 0 bridgehead atoms. The maximum Gasteiger partial charge on any atom is 0.354 e. The Morgan fingerprint density at radius 2 is 1.74 bits per heavy atom. The smallest absolute Gasteiger partial charge is 0.354 e. The van der Waals surface area contributed by atoms with Crippen LogP contribution in [-0.2, 0) is 25.7 Å². The lowest BCUT2D eigenvalue weighted by molar-refractivity contribution is -0.138. The van der Waals surface area contributed by atoms with Crippen LogP contribution in [-0.4, -0.2) is 26.2 Å². The summed E-state index contributed by atoms with van der Waals surface area (Å²) in [6.07, 6.45) is 1.01. The minimum absolute atomic E-state index is 0.0500. The largest absolute Gasteiger partial charge is 0.489 e. The van der Waals surface area contributed by atoms with E-state index in [1.165, 1.54) is 14.2 Å². The summed E-state index contributed by atoms with van der Waals surface area (Å²) in [6, 6.07) is 12.0. The van der Waals surface area contributed by atoms with Gasteiger partial charge in [-0.3, -0.25) is 0 Å². The molecule has 0 aliphatic heterocycles. The van der Waals surface area contributed by atoms with Gasteiger partial charge in [-0.1, -0.05) is 29.3 Å².